The van der Waals surface area contributed by atoms with Gasteiger partial charge in [0.1, 0.15) is 5.65 Å². The average molecular weight is 425 g/mol. The first-order valence-corrected chi connectivity index (χ1v) is 12.6. The molecule has 0 spiro atoms. The lowest BCUT2D eigenvalue weighted by Gasteiger charge is -2.44. The summed E-state index contributed by atoms with van der Waals surface area (Å²) >= 11 is 0. The van der Waals surface area contributed by atoms with Crippen molar-refractivity contribution in [2.45, 2.75) is 58.2 Å². The minimum absolute atomic E-state index is 0.124. The van der Waals surface area contributed by atoms with E-state index in [1.54, 1.807) is 12.1 Å². The molecule has 0 aliphatic carbocycles. The summed E-state index contributed by atoms with van der Waals surface area (Å²) in [7, 11) is -0.568. The normalized spacial score (nSPS) is 12.3. The quantitative estimate of drug-likeness (QED) is 0.418. The highest BCUT2D eigenvalue weighted by molar-refractivity contribution is 6.82. The lowest BCUT2D eigenvalue weighted by molar-refractivity contribution is 0.0595. The number of pyridine rings is 2. The first-order chi connectivity index (χ1) is 14.1. The van der Waals surface area contributed by atoms with E-state index in [-0.39, 0.29) is 5.69 Å². The van der Waals surface area contributed by atoms with E-state index in [4.69, 9.17) is 15.5 Å². The van der Waals surface area contributed by atoms with Crippen LogP contribution in [-0.4, -0.2) is 35.5 Å². The molecule has 0 aliphatic heterocycles. The van der Waals surface area contributed by atoms with Gasteiger partial charge in [-0.25, -0.2) is 14.8 Å². The molecular weight excluding hydrogens is 392 g/mol. The number of hydrogen-bond donors (Lipinski definition) is 1. The fraction of sp³-hybridized carbons (Fsp3) is 0.435. The Bertz CT molecular complexity index is 1050. The van der Waals surface area contributed by atoms with Crippen molar-refractivity contribution in [2.75, 3.05) is 12.8 Å². The number of fused-ring (bicyclic) bond motifs is 1. The molecule has 3 aromatic heterocycles. The Kier molecular flexibility index (Phi) is 6.03. The molecule has 0 saturated carbocycles. The van der Waals surface area contributed by atoms with E-state index in [1.807, 2.05) is 6.20 Å². The number of nitrogens with two attached hydrogens (primary N) is 1. The van der Waals surface area contributed by atoms with Gasteiger partial charge in [0, 0.05) is 17.1 Å². The summed E-state index contributed by atoms with van der Waals surface area (Å²) in [4.78, 5) is 21.2. The summed E-state index contributed by atoms with van der Waals surface area (Å²) in [5.41, 5.74) is 10.6. The fourth-order valence-electron chi connectivity index (χ4n) is 5.20. The first-order valence-electron chi connectivity index (χ1n) is 10.5. The molecule has 2 N–H and O–H groups in total. The van der Waals surface area contributed by atoms with E-state index in [0.717, 1.165) is 16.6 Å². The van der Waals surface area contributed by atoms with Gasteiger partial charge in [0.25, 0.3) is 0 Å². The molecule has 0 aliphatic rings. The Labute approximate surface area is 179 Å². The van der Waals surface area contributed by atoms with E-state index < -0.39 is 14.2 Å². The number of carbonyl (C=O) groups is 1. The van der Waals surface area contributed by atoms with Crippen molar-refractivity contribution < 1.29 is 9.53 Å². The Morgan fingerprint density at radius 3 is 2.27 bits per heavy atom. The van der Waals surface area contributed by atoms with Crippen molar-refractivity contribution in [3.05, 3.63) is 42.4 Å². The number of methoxy groups -OCH3 is 1. The second-order valence-corrected chi connectivity index (χ2v) is 14.5. The van der Waals surface area contributed by atoms with Crippen LogP contribution in [0.2, 0.25) is 16.6 Å². The molecular formula is C23H32N4O2Si. The average Bonchev–Trinajstić information content (AvgIpc) is 3.11. The third-order valence-electron chi connectivity index (χ3n) is 6.32. The van der Waals surface area contributed by atoms with Gasteiger partial charge in [-0.15, -0.1) is 0 Å². The van der Waals surface area contributed by atoms with E-state index >= 15 is 0 Å². The molecule has 6 nitrogen and oxygen atoms in total. The van der Waals surface area contributed by atoms with Crippen molar-refractivity contribution in [2.24, 2.45) is 0 Å². The Hall–Kier alpha value is -2.67. The van der Waals surface area contributed by atoms with Gasteiger partial charge < -0.3 is 14.7 Å². The van der Waals surface area contributed by atoms with E-state index in [0.29, 0.717) is 28.0 Å². The second kappa shape index (κ2) is 8.22. The molecule has 0 saturated heterocycles. The number of rotatable bonds is 6. The summed E-state index contributed by atoms with van der Waals surface area (Å²) in [6.45, 7) is 14.1. The minimum Gasteiger partial charge on any atom is -0.464 e. The van der Waals surface area contributed by atoms with Crippen LogP contribution in [0.5, 0.6) is 0 Å². The number of hydrogen-bond acceptors (Lipinski definition) is 5. The smallest absolute Gasteiger partial charge is 0.358 e. The predicted octanol–water partition coefficient (Wildman–Crippen LogP) is 5.49. The van der Waals surface area contributed by atoms with Gasteiger partial charge in [0.05, 0.1) is 18.5 Å². The number of ether oxygens (including phenoxy) is 1. The number of anilines is 1. The van der Waals surface area contributed by atoms with Crippen LogP contribution in [-0.2, 0) is 4.74 Å². The summed E-state index contributed by atoms with van der Waals surface area (Å²) in [5.74, 6) is -0.545. The van der Waals surface area contributed by atoms with Crippen LogP contribution in [0.1, 0.15) is 52.0 Å². The van der Waals surface area contributed by atoms with Crippen LogP contribution < -0.4 is 5.73 Å². The molecule has 0 fully saturated rings. The van der Waals surface area contributed by atoms with Crippen molar-refractivity contribution in [1.29, 1.82) is 0 Å². The highest BCUT2D eigenvalue weighted by atomic mass is 28.3. The number of carbonyl (C=O) groups excluding carboxylic acids is 1. The summed E-state index contributed by atoms with van der Waals surface area (Å²) < 4.78 is 7.28. The van der Waals surface area contributed by atoms with E-state index in [2.05, 4.69) is 69.1 Å². The molecule has 0 amide bonds. The molecule has 0 unspecified atom stereocenters. The minimum atomic E-state index is -1.89. The van der Waals surface area contributed by atoms with Crippen molar-refractivity contribution in [1.82, 2.24) is 14.2 Å². The molecule has 3 heterocycles. The molecule has 30 heavy (non-hydrogen) atoms. The largest absolute Gasteiger partial charge is 0.464 e. The van der Waals surface area contributed by atoms with Crippen LogP contribution in [0.25, 0.3) is 22.3 Å². The zero-order valence-corrected chi connectivity index (χ0v) is 19.9. The maximum Gasteiger partial charge on any atom is 0.358 e. The molecule has 0 bridgehead atoms. The van der Waals surface area contributed by atoms with Gasteiger partial charge >= 0.3 is 5.97 Å². The number of aromatic nitrogens is 3. The van der Waals surface area contributed by atoms with Crippen molar-refractivity contribution in [3.63, 3.8) is 0 Å². The van der Waals surface area contributed by atoms with Crippen LogP contribution >= 0.6 is 0 Å². The van der Waals surface area contributed by atoms with Crippen LogP contribution in [0.4, 0.5) is 5.69 Å². The zero-order valence-electron chi connectivity index (χ0n) is 18.9. The maximum atomic E-state index is 12.0. The SMILES string of the molecule is COC(=O)c1nc(-c2cnc3c(ccn3[Si](C(C)C)(C(C)C)C(C)C)c2)ccc1N. The fourth-order valence-corrected chi connectivity index (χ4v) is 11.8. The summed E-state index contributed by atoms with van der Waals surface area (Å²) in [6.07, 6.45) is 4.04. The molecule has 0 atom stereocenters. The molecule has 160 valence electrons. The second-order valence-electron chi connectivity index (χ2n) is 8.80. The molecule has 0 radical (unpaired) electrons. The summed E-state index contributed by atoms with van der Waals surface area (Å²) in [6, 6.07) is 7.70. The third-order valence-corrected chi connectivity index (χ3v) is 13.1. The van der Waals surface area contributed by atoms with Gasteiger partial charge in [0.2, 0.25) is 0 Å². The summed E-state index contributed by atoms with van der Waals surface area (Å²) in [5, 5.41) is 1.07. The topological polar surface area (TPSA) is 83.0 Å². The van der Waals surface area contributed by atoms with E-state index in [9.17, 15) is 4.79 Å². The van der Waals surface area contributed by atoms with Crippen LogP contribution in [0, 0.1) is 0 Å². The van der Waals surface area contributed by atoms with Gasteiger partial charge in [0.15, 0.2) is 13.9 Å². The zero-order chi connectivity index (χ0) is 22.2. The first kappa shape index (κ1) is 22.0. The van der Waals surface area contributed by atoms with Crippen LogP contribution in [0.15, 0.2) is 36.7 Å². The lowest BCUT2D eigenvalue weighted by atomic mass is 10.1. The number of nitrogens with zero attached hydrogens (tertiary/aromatic N) is 3. The van der Waals surface area contributed by atoms with Gasteiger partial charge in [-0.05, 0) is 47.1 Å². The number of nitrogen functional groups attached to an aromatic ring is 1. The molecule has 7 heteroatoms. The Morgan fingerprint density at radius 1 is 1.07 bits per heavy atom. The molecule has 3 rings (SSSR count). The lowest BCUT2D eigenvalue weighted by Crippen LogP contribution is -2.51. The highest BCUT2D eigenvalue weighted by Crippen LogP contribution is 2.44. The molecule has 0 aromatic carbocycles. The van der Waals surface area contributed by atoms with Gasteiger partial charge in [-0.2, -0.15) is 0 Å². The van der Waals surface area contributed by atoms with Gasteiger partial charge in [-0.1, -0.05) is 41.5 Å². The Balaban J connectivity index is 2.14. The predicted molar refractivity (Wildman–Crippen MR) is 125 cm³/mol. The van der Waals surface area contributed by atoms with Gasteiger partial charge in [-0.3, -0.25) is 0 Å². The third kappa shape index (κ3) is 3.41. The number of esters is 1. The standard InChI is InChI=1S/C23H32N4O2Si/c1-14(2)30(15(3)4,16(5)6)27-11-10-17-12-18(13-25-22(17)27)20-9-8-19(24)21(26-20)23(28)29-7/h8-16H,24H2,1-7H3. The van der Waals surface area contributed by atoms with E-state index in [1.165, 1.54) is 7.11 Å². The maximum absolute atomic E-state index is 12.0. The highest BCUT2D eigenvalue weighted by Gasteiger charge is 2.45. The molecule has 3 aromatic rings. The van der Waals surface area contributed by atoms with Crippen molar-refractivity contribution in [3.8, 4) is 11.3 Å². The van der Waals surface area contributed by atoms with Crippen LogP contribution in [0.3, 0.4) is 0 Å². The Morgan fingerprint density at radius 2 is 1.70 bits per heavy atom. The monoisotopic (exact) mass is 424 g/mol. The van der Waals surface area contributed by atoms with Crippen molar-refractivity contribution >= 4 is 30.9 Å².